The molecular formula is C31H27N5O3S. The zero-order valence-corrected chi connectivity index (χ0v) is 23.2. The van der Waals surface area contributed by atoms with Gasteiger partial charge in [-0.05, 0) is 54.1 Å². The van der Waals surface area contributed by atoms with Crippen LogP contribution in [0, 0.1) is 12.3 Å². The highest BCUT2D eigenvalue weighted by Gasteiger charge is 2.35. The summed E-state index contributed by atoms with van der Waals surface area (Å²) in [6.45, 7) is 2.77. The van der Waals surface area contributed by atoms with Gasteiger partial charge >= 0.3 is 0 Å². The molecule has 1 N–H and O–H groups in total. The number of rotatable bonds is 7. The standard InChI is InChI=1S/C31H27N5O3S/c1-19-8-10-20(11-9-19)17-35-18-22(23-6-4-5-7-25(23)35)16-24-29(32)36-31(33-30(24)37)40-28(34-36)15-21-12-13-26(38-2)27(14-21)39-3/h4-14,16,18,32H,15,17H2,1-3H3/b24-16-,32-29?. The first-order chi connectivity index (χ1) is 19.4. The Hall–Kier alpha value is -4.63. The molecule has 9 heteroatoms. The number of fused-ring (bicyclic) bond motifs is 2. The quantitative estimate of drug-likeness (QED) is 0.291. The van der Waals surface area contributed by atoms with Gasteiger partial charge in [0, 0.05) is 35.6 Å². The average Bonchev–Trinajstić information content (AvgIpc) is 3.53. The van der Waals surface area contributed by atoms with Crippen LogP contribution in [0.5, 0.6) is 11.5 Å². The lowest BCUT2D eigenvalue weighted by atomic mass is 10.1. The molecule has 0 atom stereocenters. The molecule has 0 unspecified atom stereocenters. The minimum absolute atomic E-state index is 0.0141. The molecule has 2 aliphatic heterocycles. The fraction of sp³-hybridized carbons (Fsp3) is 0.161. The van der Waals surface area contributed by atoms with E-state index in [0.717, 1.165) is 27.1 Å². The number of methoxy groups -OCH3 is 2. The van der Waals surface area contributed by atoms with Crippen LogP contribution in [0.1, 0.15) is 22.3 Å². The van der Waals surface area contributed by atoms with Gasteiger partial charge in [-0.3, -0.25) is 10.2 Å². The fourth-order valence-electron chi connectivity index (χ4n) is 4.84. The number of aliphatic imine (C=N–C) groups is 1. The number of benzene rings is 3. The molecule has 8 nitrogen and oxygen atoms in total. The number of aryl methyl sites for hydroxylation is 1. The zero-order valence-electron chi connectivity index (χ0n) is 22.3. The number of amidine groups is 2. The van der Waals surface area contributed by atoms with Gasteiger partial charge in [0.05, 0.1) is 19.8 Å². The van der Waals surface area contributed by atoms with Gasteiger partial charge in [-0.2, -0.15) is 15.1 Å². The number of amides is 1. The topological polar surface area (TPSA) is 92.3 Å². The summed E-state index contributed by atoms with van der Waals surface area (Å²) in [6, 6.07) is 22.2. The van der Waals surface area contributed by atoms with Crippen LogP contribution in [0.25, 0.3) is 17.0 Å². The smallest absolute Gasteiger partial charge is 0.283 e. The van der Waals surface area contributed by atoms with Gasteiger partial charge in [-0.25, -0.2) is 0 Å². The number of carbonyl (C=O) groups is 1. The van der Waals surface area contributed by atoms with Crippen molar-refractivity contribution in [2.75, 3.05) is 14.2 Å². The van der Waals surface area contributed by atoms with Crippen LogP contribution in [0.15, 0.2) is 88.6 Å². The molecule has 1 aromatic heterocycles. The van der Waals surface area contributed by atoms with E-state index in [-0.39, 0.29) is 11.4 Å². The minimum atomic E-state index is -0.443. The van der Waals surface area contributed by atoms with Gasteiger partial charge in [0.1, 0.15) is 5.04 Å². The molecule has 0 fully saturated rings. The third-order valence-corrected chi connectivity index (χ3v) is 7.80. The van der Waals surface area contributed by atoms with Crippen molar-refractivity contribution in [2.24, 2.45) is 10.1 Å². The Bertz CT molecular complexity index is 1750. The van der Waals surface area contributed by atoms with Crippen molar-refractivity contribution in [1.29, 1.82) is 5.41 Å². The lowest BCUT2D eigenvalue weighted by Crippen LogP contribution is -2.35. The first-order valence-corrected chi connectivity index (χ1v) is 13.6. The Kier molecular flexibility index (Phi) is 6.73. The Labute approximate surface area is 236 Å². The van der Waals surface area contributed by atoms with Crippen molar-refractivity contribution in [1.82, 2.24) is 9.58 Å². The first-order valence-electron chi connectivity index (χ1n) is 12.8. The number of hydrogen-bond donors (Lipinski definition) is 1. The molecule has 1 amide bonds. The molecule has 0 radical (unpaired) electrons. The second kappa shape index (κ2) is 10.5. The molecule has 3 heterocycles. The monoisotopic (exact) mass is 549 g/mol. The van der Waals surface area contributed by atoms with Gasteiger partial charge in [0.2, 0.25) is 5.17 Å². The fourth-order valence-corrected chi connectivity index (χ4v) is 5.75. The summed E-state index contributed by atoms with van der Waals surface area (Å²) in [5, 5.41) is 17.1. The maximum atomic E-state index is 13.1. The molecule has 0 saturated heterocycles. The minimum Gasteiger partial charge on any atom is -0.493 e. The summed E-state index contributed by atoms with van der Waals surface area (Å²) in [7, 11) is 3.19. The lowest BCUT2D eigenvalue weighted by Gasteiger charge is -2.20. The Balaban J connectivity index is 1.29. The Morgan fingerprint density at radius 2 is 1.73 bits per heavy atom. The van der Waals surface area contributed by atoms with E-state index in [1.165, 1.54) is 27.9 Å². The van der Waals surface area contributed by atoms with E-state index in [4.69, 9.17) is 14.9 Å². The summed E-state index contributed by atoms with van der Waals surface area (Å²) >= 11 is 1.30. The highest BCUT2D eigenvalue weighted by atomic mass is 32.2. The number of aromatic nitrogens is 1. The molecule has 200 valence electrons. The van der Waals surface area contributed by atoms with Crippen molar-refractivity contribution < 1.29 is 14.3 Å². The Morgan fingerprint density at radius 1 is 0.975 bits per heavy atom. The van der Waals surface area contributed by atoms with E-state index in [9.17, 15) is 4.79 Å². The number of nitrogens with one attached hydrogen (secondary N) is 1. The highest BCUT2D eigenvalue weighted by molar-refractivity contribution is 8.26. The van der Waals surface area contributed by atoms with E-state index in [0.29, 0.717) is 29.6 Å². The average molecular weight is 550 g/mol. The molecule has 0 bridgehead atoms. The van der Waals surface area contributed by atoms with Crippen LogP contribution >= 0.6 is 11.8 Å². The van der Waals surface area contributed by atoms with Gasteiger partial charge in [0.15, 0.2) is 17.3 Å². The predicted octanol–water partition coefficient (Wildman–Crippen LogP) is 5.88. The maximum Gasteiger partial charge on any atom is 0.283 e. The molecule has 40 heavy (non-hydrogen) atoms. The van der Waals surface area contributed by atoms with Crippen LogP contribution in [-0.2, 0) is 17.8 Å². The summed E-state index contributed by atoms with van der Waals surface area (Å²) in [4.78, 5) is 17.4. The van der Waals surface area contributed by atoms with E-state index in [1.54, 1.807) is 20.3 Å². The second-order valence-corrected chi connectivity index (χ2v) is 10.6. The van der Waals surface area contributed by atoms with Crippen LogP contribution < -0.4 is 9.47 Å². The van der Waals surface area contributed by atoms with Crippen molar-refractivity contribution in [3.8, 4) is 11.5 Å². The highest BCUT2D eigenvalue weighted by Crippen LogP contribution is 2.33. The first kappa shape index (κ1) is 25.6. The number of hydrogen-bond acceptors (Lipinski definition) is 6. The third kappa shape index (κ3) is 4.80. The van der Waals surface area contributed by atoms with E-state index in [1.807, 2.05) is 42.6 Å². The normalized spacial score (nSPS) is 15.9. The summed E-state index contributed by atoms with van der Waals surface area (Å²) in [6.07, 6.45) is 4.29. The molecule has 4 aromatic rings. The molecule has 2 aliphatic rings. The number of thioether (sulfide) groups is 1. The van der Waals surface area contributed by atoms with Crippen LogP contribution in [-0.4, -0.2) is 45.7 Å². The summed E-state index contributed by atoms with van der Waals surface area (Å²) < 4.78 is 12.9. The number of ether oxygens (including phenoxy) is 2. The molecule has 6 rings (SSSR count). The molecule has 0 saturated carbocycles. The van der Waals surface area contributed by atoms with Gasteiger partial charge < -0.3 is 14.0 Å². The van der Waals surface area contributed by atoms with Gasteiger partial charge in [-0.15, -0.1) is 0 Å². The number of hydrazone groups is 1. The maximum absolute atomic E-state index is 13.1. The van der Waals surface area contributed by atoms with Crippen LogP contribution in [0.3, 0.4) is 0 Å². The third-order valence-electron chi connectivity index (χ3n) is 6.89. The van der Waals surface area contributed by atoms with E-state index < -0.39 is 5.91 Å². The van der Waals surface area contributed by atoms with E-state index in [2.05, 4.69) is 51.9 Å². The molecule has 0 aliphatic carbocycles. The zero-order chi connectivity index (χ0) is 27.8. The van der Waals surface area contributed by atoms with Gasteiger partial charge in [0.25, 0.3) is 5.91 Å². The SMILES string of the molecule is COc1ccc(CC2=NN3C(=N)/C(=C/c4cn(Cc5ccc(C)cc5)c5ccccc45)C(=O)N=C3S2)cc1OC. The largest absolute Gasteiger partial charge is 0.493 e. The van der Waals surface area contributed by atoms with Crippen LogP contribution in [0.4, 0.5) is 0 Å². The van der Waals surface area contributed by atoms with Crippen molar-refractivity contribution in [2.45, 2.75) is 19.9 Å². The summed E-state index contributed by atoms with van der Waals surface area (Å²) in [5.74, 6) is 0.853. The Morgan fingerprint density at radius 3 is 2.50 bits per heavy atom. The lowest BCUT2D eigenvalue weighted by molar-refractivity contribution is -0.114. The molecular weight excluding hydrogens is 522 g/mol. The summed E-state index contributed by atoms with van der Waals surface area (Å²) in [5.41, 5.74) is 5.50. The molecule has 0 spiro atoms. The van der Waals surface area contributed by atoms with Crippen LogP contribution in [0.2, 0.25) is 0 Å². The van der Waals surface area contributed by atoms with Crippen molar-refractivity contribution in [3.63, 3.8) is 0 Å². The second-order valence-electron chi connectivity index (χ2n) is 9.59. The number of para-hydroxylation sites is 1. The number of carbonyl (C=O) groups excluding carboxylic acids is 1. The van der Waals surface area contributed by atoms with Crippen molar-refractivity contribution >= 4 is 50.7 Å². The molecule has 3 aromatic carbocycles. The number of nitrogens with zero attached hydrogens (tertiary/aromatic N) is 4. The predicted molar refractivity (Wildman–Crippen MR) is 160 cm³/mol. The van der Waals surface area contributed by atoms with E-state index >= 15 is 0 Å². The van der Waals surface area contributed by atoms with Crippen molar-refractivity contribution in [3.05, 3.63) is 101 Å². The van der Waals surface area contributed by atoms with Gasteiger partial charge in [-0.1, -0.05) is 54.1 Å².